The van der Waals surface area contributed by atoms with Crippen LogP contribution in [0.5, 0.6) is 0 Å². The Kier molecular flexibility index (Phi) is 7.83. The highest BCUT2D eigenvalue weighted by Gasteiger charge is 2.26. The van der Waals surface area contributed by atoms with E-state index >= 15 is 0 Å². The average Bonchev–Trinajstić information content (AvgIpc) is 3.57. The van der Waals surface area contributed by atoms with E-state index in [1.54, 1.807) is 0 Å². The zero-order valence-corrected chi connectivity index (χ0v) is 32.9. The lowest BCUT2D eigenvalue weighted by atomic mass is 9.85. The molecule has 4 heteroatoms. The Hall–Kier alpha value is -5.32. The van der Waals surface area contributed by atoms with Crippen molar-refractivity contribution < 1.29 is 0 Å². The molecule has 0 radical (unpaired) electrons. The second-order valence-corrected chi connectivity index (χ2v) is 18.7. The Morgan fingerprint density at radius 3 is 0.942 bits per heavy atom. The van der Waals surface area contributed by atoms with Gasteiger partial charge in [0, 0.05) is 21.5 Å². The third kappa shape index (κ3) is 5.66. The average molecular weight is 683 g/mol. The van der Waals surface area contributed by atoms with Gasteiger partial charge in [-0.25, -0.2) is 4.85 Å². The van der Waals surface area contributed by atoms with Crippen molar-refractivity contribution in [3.05, 3.63) is 124 Å². The number of hydrogen-bond donors (Lipinski definition) is 0. The first-order valence-corrected chi connectivity index (χ1v) is 18.4. The molecule has 0 aliphatic carbocycles. The van der Waals surface area contributed by atoms with E-state index in [0.717, 1.165) is 43.6 Å². The van der Waals surface area contributed by atoms with Crippen LogP contribution in [0.1, 0.15) is 111 Å². The van der Waals surface area contributed by atoms with Crippen molar-refractivity contribution in [3.63, 3.8) is 0 Å². The Morgan fingerprint density at radius 1 is 0.462 bits per heavy atom. The van der Waals surface area contributed by atoms with Gasteiger partial charge in [0.1, 0.15) is 6.07 Å². The third-order valence-corrected chi connectivity index (χ3v) is 10.8. The maximum atomic E-state index is 11.2. The van der Waals surface area contributed by atoms with Crippen LogP contribution in [0.3, 0.4) is 0 Å². The fraction of sp³-hybridized carbons (Fsp3) is 0.333. The highest BCUT2D eigenvalue weighted by atomic mass is 15.0. The van der Waals surface area contributed by atoms with Crippen molar-refractivity contribution in [3.8, 4) is 17.4 Å². The zero-order chi connectivity index (χ0) is 37.7. The Labute approximate surface area is 309 Å². The predicted octanol–water partition coefficient (Wildman–Crippen LogP) is 13.5. The van der Waals surface area contributed by atoms with Gasteiger partial charge < -0.3 is 9.13 Å². The maximum absolute atomic E-state index is 11.2. The molecule has 0 unspecified atom stereocenters. The van der Waals surface area contributed by atoms with E-state index in [1.165, 1.54) is 22.3 Å². The van der Waals surface area contributed by atoms with Crippen molar-refractivity contribution >= 4 is 49.3 Å². The topological polar surface area (TPSA) is 38.0 Å². The fourth-order valence-electron chi connectivity index (χ4n) is 7.56. The number of aromatic nitrogens is 2. The number of nitriles is 1. The van der Waals surface area contributed by atoms with Crippen molar-refractivity contribution in [2.24, 2.45) is 0 Å². The number of rotatable bonds is 2. The molecule has 7 aromatic rings. The summed E-state index contributed by atoms with van der Waals surface area (Å²) in [6, 6.07) is 33.3. The van der Waals surface area contributed by atoms with Crippen LogP contribution in [-0.2, 0) is 21.7 Å². The lowest BCUT2D eigenvalue weighted by Crippen LogP contribution is -2.10. The van der Waals surface area contributed by atoms with Gasteiger partial charge in [0.25, 0.3) is 0 Å². The smallest absolute Gasteiger partial charge is 0.191 e. The van der Waals surface area contributed by atoms with E-state index in [1.807, 2.05) is 12.1 Å². The molecule has 262 valence electrons. The normalized spacial score (nSPS) is 13.0. The molecule has 0 aliphatic heterocycles. The number of fused-ring (bicyclic) bond motifs is 6. The monoisotopic (exact) mass is 682 g/mol. The maximum Gasteiger partial charge on any atom is 0.191 e. The van der Waals surface area contributed by atoms with E-state index in [9.17, 15) is 5.26 Å². The summed E-state index contributed by atoms with van der Waals surface area (Å²) >= 11 is 0. The highest BCUT2D eigenvalue weighted by molar-refractivity contribution is 6.12. The van der Waals surface area contributed by atoms with Gasteiger partial charge in [-0.2, -0.15) is 5.26 Å². The molecule has 52 heavy (non-hydrogen) atoms. The Bertz CT molecular complexity index is 2360. The van der Waals surface area contributed by atoms with Crippen LogP contribution in [0, 0.1) is 17.9 Å². The molecule has 0 amide bonds. The molecule has 0 aliphatic rings. The summed E-state index contributed by atoms with van der Waals surface area (Å²) in [5.74, 6) is 0. The van der Waals surface area contributed by atoms with Crippen LogP contribution in [-0.4, -0.2) is 9.13 Å². The fourth-order valence-corrected chi connectivity index (χ4v) is 7.56. The molecule has 0 saturated carbocycles. The minimum absolute atomic E-state index is 0.0322. The van der Waals surface area contributed by atoms with Gasteiger partial charge in [-0.3, -0.25) is 0 Å². The zero-order valence-electron chi connectivity index (χ0n) is 32.9. The quantitative estimate of drug-likeness (QED) is 0.167. The number of hydrogen-bond acceptors (Lipinski definition) is 1. The highest BCUT2D eigenvalue weighted by Crippen LogP contribution is 2.43. The van der Waals surface area contributed by atoms with Crippen LogP contribution in [0.4, 0.5) is 5.69 Å². The van der Waals surface area contributed by atoms with E-state index in [0.29, 0.717) is 22.6 Å². The molecule has 5 aromatic carbocycles. The minimum atomic E-state index is -0.0322. The van der Waals surface area contributed by atoms with Gasteiger partial charge in [0.15, 0.2) is 5.69 Å². The molecular formula is C48H50N4. The second kappa shape index (κ2) is 11.6. The van der Waals surface area contributed by atoms with Gasteiger partial charge in [0.05, 0.1) is 45.6 Å². The molecular weight excluding hydrogens is 633 g/mol. The van der Waals surface area contributed by atoms with Gasteiger partial charge >= 0.3 is 0 Å². The summed E-state index contributed by atoms with van der Waals surface area (Å²) in [6.45, 7) is 35.2. The van der Waals surface area contributed by atoms with Gasteiger partial charge in [-0.1, -0.05) is 107 Å². The first kappa shape index (κ1) is 35.1. The largest absolute Gasteiger partial charge is 0.309 e. The van der Waals surface area contributed by atoms with Gasteiger partial charge in [-0.05, 0) is 105 Å². The van der Waals surface area contributed by atoms with Crippen molar-refractivity contribution in [2.75, 3.05) is 0 Å². The lowest BCUT2D eigenvalue weighted by Gasteiger charge is -2.20. The van der Waals surface area contributed by atoms with Gasteiger partial charge in [-0.15, -0.1) is 0 Å². The second-order valence-electron chi connectivity index (χ2n) is 18.7. The van der Waals surface area contributed by atoms with Crippen molar-refractivity contribution in [1.29, 1.82) is 5.26 Å². The van der Waals surface area contributed by atoms with E-state index in [4.69, 9.17) is 6.57 Å². The Balaban J connectivity index is 1.62. The molecule has 0 atom stereocenters. The van der Waals surface area contributed by atoms with Crippen LogP contribution in [0.2, 0.25) is 0 Å². The predicted molar refractivity (Wildman–Crippen MR) is 221 cm³/mol. The summed E-state index contributed by atoms with van der Waals surface area (Å²) in [7, 11) is 0. The molecule has 7 rings (SSSR count). The molecule has 4 nitrogen and oxygen atoms in total. The number of nitrogens with zero attached hydrogens (tertiary/aromatic N) is 4. The van der Waals surface area contributed by atoms with Gasteiger partial charge in [0.2, 0.25) is 0 Å². The van der Waals surface area contributed by atoms with E-state index in [-0.39, 0.29) is 21.7 Å². The summed E-state index contributed by atoms with van der Waals surface area (Å²) in [4.78, 5) is 4.01. The lowest BCUT2D eigenvalue weighted by molar-refractivity contribution is 0.590. The first-order chi connectivity index (χ1) is 24.2. The van der Waals surface area contributed by atoms with Crippen LogP contribution in [0.25, 0.3) is 59.8 Å². The van der Waals surface area contributed by atoms with Crippen LogP contribution < -0.4 is 0 Å². The summed E-state index contributed by atoms with van der Waals surface area (Å²) in [5.41, 5.74) is 11.4. The summed E-state index contributed by atoms with van der Waals surface area (Å²) in [5, 5.41) is 15.8. The first-order valence-electron chi connectivity index (χ1n) is 18.4. The molecule has 0 saturated heterocycles. The van der Waals surface area contributed by atoms with E-state index in [2.05, 4.69) is 176 Å². The Morgan fingerprint density at radius 2 is 0.731 bits per heavy atom. The molecule has 0 spiro atoms. The van der Waals surface area contributed by atoms with Crippen molar-refractivity contribution in [2.45, 2.75) is 105 Å². The number of benzene rings is 5. The molecule has 2 heterocycles. The van der Waals surface area contributed by atoms with E-state index < -0.39 is 0 Å². The molecule has 2 aromatic heterocycles. The van der Waals surface area contributed by atoms with Crippen LogP contribution >= 0.6 is 0 Å². The molecule has 0 bridgehead atoms. The minimum Gasteiger partial charge on any atom is -0.309 e. The SMILES string of the molecule is [C-]#[N+]c1cc(-n2c3ccc(C(C)(C)C)cc3c3cc(C(C)(C)C)ccc32)c(C#N)c(-n2c3ccc(C(C)(C)C)cc3c3cc(C(C)(C)C)ccc32)c1. The summed E-state index contributed by atoms with van der Waals surface area (Å²) in [6.07, 6.45) is 0. The summed E-state index contributed by atoms with van der Waals surface area (Å²) < 4.78 is 4.42. The van der Waals surface area contributed by atoms with Crippen LogP contribution in [0.15, 0.2) is 84.9 Å². The standard InChI is InChI=1S/C48H50N4/c1-45(2,3)29-14-18-39-34(22-29)35-23-30(46(4,5)6)15-19-40(35)51(39)43-26-33(50-13)27-44(38(43)28-49)52-41-20-16-31(47(7,8)9)24-36(41)37-25-32(48(10,11)12)17-21-42(37)52/h14-27H,1-12H3. The molecule has 0 N–H and O–H groups in total. The third-order valence-electron chi connectivity index (χ3n) is 10.8. The molecule has 0 fully saturated rings. The van der Waals surface area contributed by atoms with Crippen molar-refractivity contribution in [1.82, 2.24) is 9.13 Å².